The van der Waals surface area contributed by atoms with Crippen LogP contribution in [0.3, 0.4) is 0 Å². The second-order valence-corrected chi connectivity index (χ2v) is 7.14. The van der Waals surface area contributed by atoms with Gasteiger partial charge in [-0.25, -0.2) is 13.4 Å². The normalized spacial score (nSPS) is 24.8. The number of hydrogen-bond donors (Lipinski definition) is 2. The van der Waals surface area contributed by atoms with E-state index in [1.165, 1.54) is 0 Å². The van der Waals surface area contributed by atoms with Crippen LogP contribution in [0.15, 0.2) is 29.2 Å². The molecule has 2 rings (SSSR count). The van der Waals surface area contributed by atoms with Crippen LogP contribution in [0, 0.1) is 0 Å². The number of piperidine rings is 1. The lowest BCUT2D eigenvalue weighted by Crippen LogP contribution is -2.53. The van der Waals surface area contributed by atoms with Gasteiger partial charge in [0.1, 0.15) is 0 Å². The average Bonchev–Trinajstić information content (AvgIpc) is 2.43. The maximum absolute atomic E-state index is 12.4. The maximum Gasteiger partial charge on any atom is 0.253 e. The quantitative estimate of drug-likeness (QED) is 0.885. The Morgan fingerprint density at radius 3 is 2.25 bits per heavy atom. The van der Waals surface area contributed by atoms with Gasteiger partial charge in [-0.3, -0.25) is 0 Å². The third-order valence-electron chi connectivity index (χ3n) is 3.89. The number of nitrogens with one attached hydrogen (secondary N) is 1. The molecule has 2 unspecified atom stereocenters. The van der Waals surface area contributed by atoms with E-state index in [9.17, 15) is 8.42 Å². The highest BCUT2D eigenvalue weighted by molar-refractivity contribution is 7.89. The molecular formula is C14H23N3O2S. The number of hydrazine groups is 1. The van der Waals surface area contributed by atoms with Crippen molar-refractivity contribution >= 4 is 10.0 Å². The summed E-state index contributed by atoms with van der Waals surface area (Å²) in [7, 11) is -3.52. The summed E-state index contributed by atoms with van der Waals surface area (Å²) in [5.41, 5.74) is 6.44. The monoisotopic (exact) mass is 297 g/mol. The summed E-state index contributed by atoms with van der Waals surface area (Å²) in [6.07, 6.45) is 3.17. The van der Waals surface area contributed by atoms with Crippen LogP contribution in [0.5, 0.6) is 0 Å². The number of sulfonamides is 1. The molecule has 0 spiro atoms. The minimum Gasteiger partial charge on any atom is -0.326 e. The fourth-order valence-electron chi connectivity index (χ4n) is 2.60. The minimum absolute atomic E-state index is 0.219. The zero-order valence-electron chi connectivity index (χ0n) is 12.0. The highest BCUT2D eigenvalue weighted by Gasteiger charge is 2.29. The Bertz CT molecular complexity index is 532. The third-order valence-corrected chi connectivity index (χ3v) is 5.23. The van der Waals surface area contributed by atoms with E-state index in [2.05, 4.69) is 18.7 Å². The maximum atomic E-state index is 12.4. The molecule has 5 nitrogen and oxygen atoms in total. The molecule has 0 saturated carbocycles. The first-order valence-electron chi connectivity index (χ1n) is 7.04. The Morgan fingerprint density at radius 2 is 1.75 bits per heavy atom. The molecule has 1 aromatic rings. The van der Waals surface area contributed by atoms with Gasteiger partial charge in [0.2, 0.25) is 0 Å². The molecule has 6 heteroatoms. The molecule has 0 aromatic heterocycles. The van der Waals surface area contributed by atoms with Crippen LogP contribution in [0.25, 0.3) is 0 Å². The van der Waals surface area contributed by atoms with Gasteiger partial charge in [-0.15, -0.1) is 4.83 Å². The van der Waals surface area contributed by atoms with E-state index in [0.717, 1.165) is 24.8 Å². The largest absolute Gasteiger partial charge is 0.326 e. The van der Waals surface area contributed by atoms with Crippen LogP contribution in [0.2, 0.25) is 0 Å². The van der Waals surface area contributed by atoms with Gasteiger partial charge in [-0.1, -0.05) is 18.6 Å². The minimum atomic E-state index is -3.52. The molecule has 0 bridgehead atoms. The molecule has 1 saturated heterocycles. The topological polar surface area (TPSA) is 75.4 Å². The van der Waals surface area contributed by atoms with Gasteiger partial charge in [0.25, 0.3) is 10.0 Å². The van der Waals surface area contributed by atoms with Crippen molar-refractivity contribution in [1.82, 2.24) is 9.84 Å². The molecule has 1 fully saturated rings. The lowest BCUT2D eigenvalue weighted by molar-refractivity contribution is 0.0790. The number of nitrogens with zero attached hydrogens (tertiary/aromatic N) is 1. The van der Waals surface area contributed by atoms with Gasteiger partial charge in [0.05, 0.1) is 4.90 Å². The Kier molecular flexibility index (Phi) is 4.80. The van der Waals surface area contributed by atoms with Crippen molar-refractivity contribution in [1.29, 1.82) is 0 Å². The fourth-order valence-corrected chi connectivity index (χ4v) is 3.83. The first kappa shape index (κ1) is 15.4. The fraction of sp³-hybridized carbons (Fsp3) is 0.571. The van der Waals surface area contributed by atoms with E-state index in [0.29, 0.717) is 6.54 Å². The molecule has 112 valence electrons. The first-order chi connectivity index (χ1) is 9.44. The zero-order valence-corrected chi connectivity index (χ0v) is 12.9. The van der Waals surface area contributed by atoms with Crippen molar-refractivity contribution < 1.29 is 8.42 Å². The first-order valence-corrected chi connectivity index (χ1v) is 8.52. The molecule has 20 heavy (non-hydrogen) atoms. The predicted molar refractivity (Wildman–Crippen MR) is 79.3 cm³/mol. The van der Waals surface area contributed by atoms with Gasteiger partial charge < -0.3 is 5.73 Å². The van der Waals surface area contributed by atoms with E-state index in [-0.39, 0.29) is 17.0 Å². The third kappa shape index (κ3) is 3.38. The standard InChI is InChI=1S/C14H23N3O2S/c1-11-4-3-5-12(2)17(11)16-20(18,19)14-8-6-13(10-15)7-9-14/h6-9,11-12,16H,3-5,10,15H2,1-2H3. The zero-order chi connectivity index (χ0) is 14.8. The van der Waals surface area contributed by atoms with Crippen LogP contribution in [-0.2, 0) is 16.6 Å². The lowest BCUT2D eigenvalue weighted by atomic mass is 10.0. The van der Waals surface area contributed by atoms with Crippen LogP contribution in [0.4, 0.5) is 0 Å². The number of benzene rings is 1. The molecule has 2 atom stereocenters. The highest BCUT2D eigenvalue weighted by atomic mass is 32.2. The van der Waals surface area contributed by atoms with E-state index < -0.39 is 10.0 Å². The van der Waals surface area contributed by atoms with Crippen molar-refractivity contribution in [3.8, 4) is 0 Å². The summed E-state index contributed by atoms with van der Waals surface area (Å²) in [6.45, 7) is 4.51. The second kappa shape index (κ2) is 6.22. The van der Waals surface area contributed by atoms with Crippen molar-refractivity contribution in [2.24, 2.45) is 5.73 Å². The van der Waals surface area contributed by atoms with Gasteiger partial charge in [-0.2, -0.15) is 0 Å². The summed E-state index contributed by atoms with van der Waals surface area (Å²) in [6, 6.07) is 7.14. The van der Waals surface area contributed by atoms with E-state index in [1.807, 2.05) is 5.01 Å². The second-order valence-electron chi connectivity index (χ2n) is 5.48. The number of rotatable bonds is 4. The summed E-state index contributed by atoms with van der Waals surface area (Å²) in [5.74, 6) is 0. The summed E-state index contributed by atoms with van der Waals surface area (Å²) in [5, 5.41) is 1.86. The van der Waals surface area contributed by atoms with Gasteiger partial charge in [0.15, 0.2) is 0 Å². The summed E-state index contributed by atoms with van der Waals surface area (Å²) in [4.78, 5) is 3.00. The van der Waals surface area contributed by atoms with Crippen LogP contribution in [0.1, 0.15) is 38.7 Å². The molecule has 0 amide bonds. The predicted octanol–water partition coefficient (Wildman–Crippen LogP) is 1.60. The van der Waals surface area contributed by atoms with Gasteiger partial charge in [0, 0.05) is 18.6 Å². The van der Waals surface area contributed by atoms with Gasteiger partial charge in [-0.05, 0) is 44.4 Å². The molecule has 1 aromatic carbocycles. The van der Waals surface area contributed by atoms with Crippen molar-refractivity contribution in [3.63, 3.8) is 0 Å². The summed E-state index contributed by atoms with van der Waals surface area (Å²) >= 11 is 0. The van der Waals surface area contributed by atoms with Gasteiger partial charge >= 0.3 is 0 Å². The molecule has 0 aliphatic carbocycles. The highest BCUT2D eigenvalue weighted by Crippen LogP contribution is 2.22. The Hall–Kier alpha value is -0.950. The van der Waals surface area contributed by atoms with E-state index >= 15 is 0 Å². The molecule has 3 N–H and O–H groups in total. The molecule has 1 aliphatic rings. The summed E-state index contributed by atoms with van der Waals surface area (Å²) < 4.78 is 24.8. The SMILES string of the molecule is CC1CCCC(C)N1NS(=O)(=O)c1ccc(CN)cc1. The molecule has 0 radical (unpaired) electrons. The van der Waals surface area contributed by atoms with E-state index in [1.54, 1.807) is 24.3 Å². The lowest BCUT2D eigenvalue weighted by Gasteiger charge is -2.38. The number of nitrogens with two attached hydrogens (primary N) is 1. The van der Waals surface area contributed by atoms with E-state index in [4.69, 9.17) is 5.73 Å². The average molecular weight is 297 g/mol. The molecule has 1 heterocycles. The van der Waals surface area contributed by atoms with Crippen molar-refractivity contribution in [2.75, 3.05) is 0 Å². The number of hydrogen-bond acceptors (Lipinski definition) is 4. The van der Waals surface area contributed by atoms with Crippen molar-refractivity contribution in [2.45, 2.75) is 56.6 Å². The smallest absolute Gasteiger partial charge is 0.253 e. The van der Waals surface area contributed by atoms with Crippen LogP contribution < -0.4 is 10.6 Å². The molecule has 1 aliphatic heterocycles. The Morgan fingerprint density at radius 1 is 1.20 bits per heavy atom. The molecular weight excluding hydrogens is 274 g/mol. The Balaban J connectivity index is 2.17. The van der Waals surface area contributed by atoms with Crippen LogP contribution in [-0.4, -0.2) is 25.5 Å². The Labute approximate surface area is 121 Å². The van der Waals surface area contributed by atoms with Crippen LogP contribution >= 0.6 is 0 Å². The van der Waals surface area contributed by atoms with Crippen molar-refractivity contribution in [3.05, 3.63) is 29.8 Å².